The minimum Gasteiger partial charge on any atom is -0.491 e. The molecule has 0 unspecified atom stereocenters. The maximum absolute atomic E-state index is 12.0. The number of halogens is 2. The molecule has 25 heavy (non-hydrogen) atoms. The highest BCUT2D eigenvalue weighted by molar-refractivity contribution is 9.10. The predicted molar refractivity (Wildman–Crippen MR) is 105 cm³/mol. The molecule has 0 aliphatic carbocycles. The molecule has 128 valence electrons. The summed E-state index contributed by atoms with van der Waals surface area (Å²) in [4.78, 5) is 16.5. The number of thiazole rings is 1. The second kappa shape index (κ2) is 8.47. The van der Waals surface area contributed by atoms with Crippen LogP contribution >= 0.6 is 38.9 Å². The van der Waals surface area contributed by atoms with E-state index in [2.05, 4.69) is 26.2 Å². The van der Waals surface area contributed by atoms with Crippen molar-refractivity contribution in [3.63, 3.8) is 0 Å². The molecule has 0 aliphatic heterocycles. The number of para-hydroxylation sites is 1. The summed E-state index contributed by atoms with van der Waals surface area (Å²) in [5.41, 5.74) is 1.84. The van der Waals surface area contributed by atoms with Crippen molar-refractivity contribution in [3.05, 3.63) is 63.4 Å². The molecule has 2 aromatic carbocycles. The van der Waals surface area contributed by atoms with E-state index in [4.69, 9.17) is 16.3 Å². The molecule has 3 aromatic rings. The molecule has 1 aromatic heterocycles. The standard InChI is InChI=1S/C18H14BrClN2O2S/c19-13-7-5-12(6-8-13)15-11-25-18(21-15)22-17(23)9-10-24-16-4-2-1-3-14(16)20/h1-8,11H,9-10H2,(H,21,22,23). The smallest absolute Gasteiger partial charge is 0.229 e. The summed E-state index contributed by atoms with van der Waals surface area (Å²) in [6, 6.07) is 15.0. The zero-order valence-electron chi connectivity index (χ0n) is 13.0. The first-order valence-electron chi connectivity index (χ1n) is 7.50. The molecular formula is C18H14BrClN2O2S. The fraction of sp³-hybridized carbons (Fsp3) is 0.111. The average molecular weight is 438 g/mol. The van der Waals surface area contributed by atoms with Gasteiger partial charge in [0, 0.05) is 15.4 Å². The summed E-state index contributed by atoms with van der Waals surface area (Å²) >= 11 is 10.8. The number of amides is 1. The van der Waals surface area contributed by atoms with Gasteiger partial charge >= 0.3 is 0 Å². The van der Waals surface area contributed by atoms with Crippen molar-refractivity contribution in [2.24, 2.45) is 0 Å². The van der Waals surface area contributed by atoms with Crippen LogP contribution in [-0.4, -0.2) is 17.5 Å². The van der Waals surface area contributed by atoms with E-state index in [0.29, 0.717) is 15.9 Å². The molecule has 0 saturated heterocycles. The van der Waals surface area contributed by atoms with Gasteiger partial charge in [-0.05, 0) is 24.3 Å². The van der Waals surface area contributed by atoms with Crippen molar-refractivity contribution in [3.8, 4) is 17.0 Å². The van der Waals surface area contributed by atoms with Gasteiger partial charge in [0.1, 0.15) is 5.75 Å². The molecule has 1 heterocycles. The van der Waals surface area contributed by atoms with Crippen molar-refractivity contribution in [2.75, 3.05) is 11.9 Å². The van der Waals surface area contributed by atoms with E-state index in [0.717, 1.165) is 15.7 Å². The molecule has 7 heteroatoms. The molecule has 1 amide bonds. The SMILES string of the molecule is O=C(CCOc1ccccc1Cl)Nc1nc(-c2ccc(Br)cc2)cs1. The van der Waals surface area contributed by atoms with Crippen molar-refractivity contribution >= 4 is 49.9 Å². The number of carbonyl (C=O) groups excluding carboxylic acids is 1. The van der Waals surface area contributed by atoms with Crippen molar-refractivity contribution in [1.82, 2.24) is 4.98 Å². The Labute approximate surface area is 162 Å². The Morgan fingerprint density at radius 3 is 2.72 bits per heavy atom. The van der Waals surface area contributed by atoms with E-state index in [1.54, 1.807) is 12.1 Å². The van der Waals surface area contributed by atoms with Crippen molar-refractivity contribution < 1.29 is 9.53 Å². The normalized spacial score (nSPS) is 10.5. The largest absolute Gasteiger partial charge is 0.491 e. The van der Waals surface area contributed by atoms with Gasteiger partial charge in [0.2, 0.25) is 5.91 Å². The molecule has 0 fully saturated rings. The molecule has 4 nitrogen and oxygen atoms in total. The molecule has 0 spiro atoms. The summed E-state index contributed by atoms with van der Waals surface area (Å²) < 4.78 is 6.53. The third-order valence-corrected chi connectivity index (χ3v) is 4.91. The van der Waals surface area contributed by atoms with Gasteiger partial charge in [-0.1, -0.05) is 51.8 Å². The molecule has 3 rings (SSSR count). The lowest BCUT2D eigenvalue weighted by molar-refractivity contribution is -0.116. The van der Waals surface area contributed by atoms with Gasteiger partial charge in [-0.2, -0.15) is 0 Å². The third-order valence-electron chi connectivity index (χ3n) is 3.31. The van der Waals surface area contributed by atoms with Crippen LogP contribution < -0.4 is 10.1 Å². The molecule has 1 N–H and O–H groups in total. The Kier molecular flexibility index (Phi) is 6.07. The predicted octanol–water partition coefficient (Wildman–Crippen LogP) is 5.63. The third kappa shape index (κ3) is 5.04. The molecule has 0 radical (unpaired) electrons. The highest BCUT2D eigenvalue weighted by Crippen LogP contribution is 2.26. The number of nitrogens with one attached hydrogen (secondary N) is 1. The fourth-order valence-corrected chi connectivity index (χ4v) is 3.27. The topological polar surface area (TPSA) is 51.2 Å². The summed E-state index contributed by atoms with van der Waals surface area (Å²) in [6.07, 6.45) is 0.221. The number of rotatable bonds is 6. The lowest BCUT2D eigenvalue weighted by Crippen LogP contribution is -2.15. The van der Waals surface area contributed by atoms with Crippen molar-refractivity contribution in [2.45, 2.75) is 6.42 Å². The van der Waals surface area contributed by atoms with Gasteiger partial charge in [0.15, 0.2) is 5.13 Å². The molecule has 0 saturated carbocycles. The minimum absolute atomic E-state index is 0.149. The lowest BCUT2D eigenvalue weighted by Gasteiger charge is -2.07. The first kappa shape index (κ1) is 17.9. The maximum Gasteiger partial charge on any atom is 0.229 e. The minimum atomic E-state index is -0.149. The zero-order chi connectivity index (χ0) is 17.6. The number of anilines is 1. The number of benzene rings is 2. The van der Waals surface area contributed by atoms with Crippen molar-refractivity contribution in [1.29, 1.82) is 0 Å². The second-order valence-corrected chi connectivity index (χ2v) is 7.30. The number of nitrogens with zero attached hydrogens (tertiary/aromatic N) is 1. The highest BCUT2D eigenvalue weighted by atomic mass is 79.9. The van der Waals surface area contributed by atoms with Crippen LogP contribution in [0.2, 0.25) is 5.02 Å². The summed E-state index contributed by atoms with van der Waals surface area (Å²) in [7, 11) is 0. The first-order chi connectivity index (χ1) is 12.1. The number of hydrogen-bond donors (Lipinski definition) is 1. The monoisotopic (exact) mass is 436 g/mol. The van der Waals surface area contributed by atoms with Crippen LogP contribution in [0, 0.1) is 0 Å². The summed E-state index contributed by atoms with van der Waals surface area (Å²) in [5, 5.41) is 5.81. The van der Waals surface area contributed by atoms with E-state index in [-0.39, 0.29) is 18.9 Å². The lowest BCUT2D eigenvalue weighted by atomic mass is 10.2. The van der Waals surface area contributed by atoms with Crippen LogP contribution in [0.25, 0.3) is 11.3 Å². The Morgan fingerprint density at radius 2 is 1.96 bits per heavy atom. The van der Waals surface area contributed by atoms with Gasteiger partial charge in [0.25, 0.3) is 0 Å². The van der Waals surface area contributed by atoms with E-state index in [9.17, 15) is 4.79 Å². The fourth-order valence-electron chi connectivity index (χ4n) is 2.08. The van der Waals surface area contributed by atoms with E-state index in [1.165, 1.54) is 11.3 Å². The molecule has 0 bridgehead atoms. The number of aromatic nitrogens is 1. The molecular weight excluding hydrogens is 424 g/mol. The van der Waals surface area contributed by atoms with Gasteiger partial charge < -0.3 is 10.1 Å². The quantitative estimate of drug-likeness (QED) is 0.543. The number of hydrogen-bond acceptors (Lipinski definition) is 4. The zero-order valence-corrected chi connectivity index (χ0v) is 16.2. The molecule has 0 atom stereocenters. The second-order valence-electron chi connectivity index (χ2n) is 5.12. The maximum atomic E-state index is 12.0. The van der Waals surface area contributed by atoms with E-state index in [1.807, 2.05) is 41.8 Å². The van der Waals surface area contributed by atoms with Gasteiger partial charge in [0.05, 0.1) is 23.7 Å². The van der Waals surface area contributed by atoms with Gasteiger partial charge in [-0.25, -0.2) is 4.98 Å². The Morgan fingerprint density at radius 1 is 1.20 bits per heavy atom. The van der Waals surface area contributed by atoms with Crippen LogP contribution in [-0.2, 0) is 4.79 Å². The van der Waals surface area contributed by atoms with E-state index >= 15 is 0 Å². The number of ether oxygens (including phenoxy) is 1. The first-order valence-corrected chi connectivity index (χ1v) is 9.55. The Hall–Kier alpha value is -1.89. The highest BCUT2D eigenvalue weighted by Gasteiger charge is 2.09. The Bertz CT molecular complexity index is 868. The molecule has 0 aliphatic rings. The number of carbonyl (C=O) groups is 1. The van der Waals surface area contributed by atoms with Crippen LogP contribution in [0.4, 0.5) is 5.13 Å². The van der Waals surface area contributed by atoms with E-state index < -0.39 is 0 Å². The summed E-state index contributed by atoms with van der Waals surface area (Å²) in [5.74, 6) is 0.424. The van der Waals surface area contributed by atoms with Crippen LogP contribution in [0.3, 0.4) is 0 Å². The summed E-state index contributed by atoms with van der Waals surface area (Å²) in [6.45, 7) is 0.251. The van der Waals surface area contributed by atoms with Crippen LogP contribution in [0.1, 0.15) is 6.42 Å². The average Bonchev–Trinajstić information content (AvgIpc) is 3.05. The Balaban J connectivity index is 1.51. The van der Waals surface area contributed by atoms with Gasteiger partial charge in [-0.3, -0.25) is 4.79 Å². The van der Waals surface area contributed by atoms with Crippen LogP contribution in [0.5, 0.6) is 5.75 Å². The van der Waals surface area contributed by atoms with Gasteiger partial charge in [-0.15, -0.1) is 11.3 Å². The van der Waals surface area contributed by atoms with Crippen LogP contribution in [0.15, 0.2) is 58.4 Å².